The third kappa shape index (κ3) is 4.28. The molecule has 1 unspecified atom stereocenters. The summed E-state index contributed by atoms with van der Waals surface area (Å²) in [6, 6.07) is 14.5. The first-order valence-corrected chi connectivity index (χ1v) is 12.7. The molecular weight excluding hydrogens is 424 g/mol. The van der Waals surface area contributed by atoms with E-state index in [0.29, 0.717) is 6.61 Å². The molecule has 2 aliphatic rings. The first-order valence-electron chi connectivity index (χ1n) is 12.7. The molecule has 6 heteroatoms. The van der Waals surface area contributed by atoms with Crippen LogP contribution in [0.1, 0.15) is 49.5 Å². The third-order valence-electron chi connectivity index (χ3n) is 7.29. The number of benzene rings is 1. The van der Waals surface area contributed by atoms with E-state index in [1.165, 1.54) is 32.4 Å². The summed E-state index contributed by atoms with van der Waals surface area (Å²) in [6.07, 6.45) is 9.91. The summed E-state index contributed by atoms with van der Waals surface area (Å²) in [6.45, 7) is 6.07. The number of nitrogens with zero attached hydrogens (tertiary/aromatic N) is 4. The molecule has 6 rings (SSSR count). The number of aromatic nitrogens is 2. The van der Waals surface area contributed by atoms with Crippen molar-refractivity contribution in [3.63, 3.8) is 0 Å². The lowest BCUT2D eigenvalue weighted by molar-refractivity contribution is 0.118. The number of furan rings is 1. The molecule has 1 aromatic carbocycles. The number of para-hydroxylation sites is 1. The predicted molar refractivity (Wildman–Crippen MR) is 134 cm³/mol. The summed E-state index contributed by atoms with van der Waals surface area (Å²) in [5.74, 6) is 0.912. The number of hydrogen-bond donors (Lipinski definition) is 0. The van der Waals surface area contributed by atoms with Crippen molar-refractivity contribution < 1.29 is 9.15 Å². The Kier molecular flexibility index (Phi) is 6.17. The topological polar surface area (TPSA) is 54.6 Å². The molecule has 1 atom stereocenters. The Morgan fingerprint density at radius 3 is 2.79 bits per heavy atom. The molecule has 0 amide bonds. The van der Waals surface area contributed by atoms with Crippen LogP contribution in [0.15, 0.2) is 59.3 Å². The van der Waals surface area contributed by atoms with Crippen LogP contribution in [0.3, 0.4) is 0 Å². The first-order chi connectivity index (χ1) is 16.9. The van der Waals surface area contributed by atoms with E-state index >= 15 is 0 Å². The van der Waals surface area contributed by atoms with Crippen molar-refractivity contribution in [1.82, 2.24) is 19.8 Å². The monoisotopic (exact) mass is 456 g/mol. The molecule has 4 aromatic rings. The van der Waals surface area contributed by atoms with Crippen molar-refractivity contribution in [2.24, 2.45) is 0 Å². The average Bonchev–Trinajstić information content (AvgIpc) is 3.28. The fourth-order valence-corrected chi connectivity index (χ4v) is 5.58. The highest BCUT2D eigenvalue weighted by molar-refractivity contribution is 6.05. The van der Waals surface area contributed by atoms with Gasteiger partial charge in [-0.15, -0.1) is 0 Å². The zero-order valence-corrected chi connectivity index (χ0v) is 19.7. The van der Waals surface area contributed by atoms with E-state index in [9.17, 15) is 0 Å². The van der Waals surface area contributed by atoms with E-state index in [2.05, 4.69) is 28.0 Å². The molecule has 0 bridgehead atoms. The van der Waals surface area contributed by atoms with E-state index < -0.39 is 0 Å². The van der Waals surface area contributed by atoms with E-state index in [-0.39, 0.29) is 6.04 Å². The Labute approximate surface area is 200 Å². The van der Waals surface area contributed by atoms with Crippen molar-refractivity contribution >= 4 is 21.9 Å². The fourth-order valence-electron chi connectivity index (χ4n) is 5.58. The molecule has 1 fully saturated rings. The molecule has 0 aliphatic carbocycles. The molecular formula is C28H32N4O2. The van der Waals surface area contributed by atoms with Crippen LogP contribution >= 0.6 is 0 Å². The molecule has 5 heterocycles. The Balaban J connectivity index is 1.30. The zero-order valence-electron chi connectivity index (χ0n) is 19.7. The number of piperidine rings is 1. The second-order valence-corrected chi connectivity index (χ2v) is 9.50. The summed E-state index contributed by atoms with van der Waals surface area (Å²) in [5, 5.41) is 2.29. The van der Waals surface area contributed by atoms with Gasteiger partial charge in [-0.2, -0.15) is 0 Å². The largest absolute Gasteiger partial charge is 0.492 e. The maximum Gasteiger partial charge on any atom is 0.158 e. The average molecular weight is 457 g/mol. The van der Waals surface area contributed by atoms with Crippen LogP contribution in [0.2, 0.25) is 0 Å². The molecule has 34 heavy (non-hydrogen) atoms. The van der Waals surface area contributed by atoms with Gasteiger partial charge in [0.05, 0.1) is 24.0 Å². The molecule has 0 saturated carbocycles. The standard InChI is InChI=1S/C28H32N4O2/c1-4-15-31(16-5-1)17-7-18-32(24-12-19-33-26-10-6-13-30-27(24)26)20-23-28-22(11-14-29-23)21-8-2-3-9-25(21)34-28/h2-3,6,8-11,13-14,24H,1,4-5,7,12,15-20H2. The molecule has 1 saturated heterocycles. The lowest BCUT2D eigenvalue weighted by Gasteiger charge is -2.35. The highest BCUT2D eigenvalue weighted by Crippen LogP contribution is 2.36. The number of ether oxygens (including phenoxy) is 1. The Hall–Kier alpha value is -2.96. The molecule has 2 aliphatic heterocycles. The second-order valence-electron chi connectivity index (χ2n) is 9.50. The van der Waals surface area contributed by atoms with Gasteiger partial charge in [0.25, 0.3) is 0 Å². The van der Waals surface area contributed by atoms with Crippen LogP contribution in [-0.2, 0) is 6.54 Å². The van der Waals surface area contributed by atoms with Gasteiger partial charge in [0.15, 0.2) is 5.58 Å². The first kappa shape index (κ1) is 21.6. The highest BCUT2D eigenvalue weighted by atomic mass is 16.5. The van der Waals surface area contributed by atoms with Crippen LogP contribution in [-0.4, -0.2) is 52.6 Å². The van der Waals surface area contributed by atoms with Crippen LogP contribution in [0, 0.1) is 0 Å². The number of likely N-dealkylation sites (tertiary alicyclic amines) is 1. The van der Waals surface area contributed by atoms with E-state index in [0.717, 1.165) is 71.6 Å². The smallest absolute Gasteiger partial charge is 0.158 e. The van der Waals surface area contributed by atoms with Gasteiger partial charge in [0.1, 0.15) is 11.3 Å². The zero-order chi connectivity index (χ0) is 22.7. The Morgan fingerprint density at radius 1 is 0.941 bits per heavy atom. The SMILES string of the molecule is c1cnc2c(c1)OCCC2N(CCCN1CCCCC1)Cc1nccc2c1oc1ccccc12. The minimum atomic E-state index is 0.216. The summed E-state index contributed by atoms with van der Waals surface area (Å²) in [4.78, 5) is 14.7. The van der Waals surface area contributed by atoms with Crippen molar-refractivity contribution in [3.05, 3.63) is 66.2 Å². The van der Waals surface area contributed by atoms with Crippen molar-refractivity contribution in [3.8, 4) is 5.75 Å². The molecule has 3 aromatic heterocycles. The van der Waals surface area contributed by atoms with Gasteiger partial charge in [-0.1, -0.05) is 24.6 Å². The quantitative estimate of drug-likeness (QED) is 0.362. The lowest BCUT2D eigenvalue weighted by atomic mass is 10.0. The predicted octanol–water partition coefficient (Wildman–Crippen LogP) is 5.58. The summed E-state index contributed by atoms with van der Waals surface area (Å²) in [7, 11) is 0. The maximum absolute atomic E-state index is 6.30. The number of rotatable bonds is 7. The van der Waals surface area contributed by atoms with E-state index in [1.807, 2.05) is 36.7 Å². The van der Waals surface area contributed by atoms with Gasteiger partial charge >= 0.3 is 0 Å². The Morgan fingerprint density at radius 2 is 1.85 bits per heavy atom. The Bertz CT molecular complexity index is 1260. The van der Waals surface area contributed by atoms with Crippen LogP contribution in [0.25, 0.3) is 21.9 Å². The number of fused-ring (bicyclic) bond motifs is 4. The highest BCUT2D eigenvalue weighted by Gasteiger charge is 2.29. The normalized spacial score (nSPS) is 18.9. The minimum Gasteiger partial charge on any atom is -0.492 e. The van der Waals surface area contributed by atoms with E-state index in [4.69, 9.17) is 19.1 Å². The van der Waals surface area contributed by atoms with Gasteiger partial charge in [0.2, 0.25) is 0 Å². The fraction of sp³-hybridized carbons (Fsp3) is 0.429. The minimum absolute atomic E-state index is 0.216. The van der Waals surface area contributed by atoms with Crippen molar-refractivity contribution in [2.75, 3.05) is 32.8 Å². The van der Waals surface area contributed by atoms with Gasteiger partial charge in [-0.3, -0.25) is 14.9 Å². The molecule has 0 radical (unpaired) electrons. The maximum atomic E-state index is 6.30. The van der Waals surface area contributed by atoms with Crippen LogP contribution in [0.5, 0.6) is 5.75 Å². The summed E-state index contributed by atoms with van der Waals surface area (Å²) < 4.78 is 12.2. The molecule has 176 valence electrons. The van der Waals surface area contributed by atoms with Crippen LogP contribution in [0.4, 0.5) is 0 Å². The van der Waals surface area contributed by atoms with Crippen LogP contribution < -0.4 is 4.74 Å². The lowest BCUT2D eigenvalue weighted by Crippen LogP contribution is -2.36. The molecule has 6 nitrogen and oxygen atoms in total. The van der Waals surface area contributed by atoms with Gasteiger partial charge in [-0.25, -0.2) is 0 Å². The second kappa shape index (κ2) is 9.72. The van der Waals surface area contributed by atoms with Gasteiger partial charge in [-0.05, 0) is 63.2 Å². The molecule has 0 N–H and O–H groups in total. The van der Waals surface area contributed by atoms with Crippen molar-refractivity contribution in [1.29, 1.82) is 0 Å². The van der Waals surface area contributed by atoms with Gasteiger partial charge in [0, 0.05) is 42.7 Å². The summed E-state index contributed by atoms with van der Waals surface area (Å²) >= 11 is 0. The molecule has 0 spiro atoms. The van der Waals surface area contributed by atoms with Gasteiger partial charge < -0.3 is 14.1 Å². The summed E-state index contributed by atoms with van der Waals surface area (Å²) in [5.41, 5.74) is 3.86. The number of hydrogen-bond acceptors (Lipinski definition) is 6. The number of pyridine rings is 2. The van der Waals surface area contributed by atoms with E-state index in [1.54, 1.807) is 0 Å². The van der Waals surface area contributed by atoms with Crippen molar-refractivity contribution in [2.45, 2.75) is 44.7 Å². The third-order valence-corrected chi connectivity index (χ3v) is 7.29.